The van der Waals surface area contributed by atoms with Gasteiger partial charge in [-0.2, -0.15) is 0 Å². The molecule has 1 N–H and O–H groups in total. The molecule has 0 aliphatic heterocycles. The number of anilines is 1. The van der Waals surface area contributed by atoms with Crippen LogP contribution in [0, 0.1) is 0 Å². The van der Waals surface area contributed by atoms with Gasteiger partial charge in [-0.05, 0) is 17.7 Å². The summed E-state index contributed by atoms with van der Waals surface area (Å²) in [5.74, 6) is 0.0546. The zero-order chi connectivity index (χ0) is 15.8. The second-order valence-corrected chi connectivity index (χ2v) is 5.50. The molecule has 0 radical (unpaired) electrons. The maximum Gasteiger partial charge on any atom is 0.241 e. The van der Waals surface area contributed by atoms with Crippen molar-refractivity contribution in [3.8, 4) is 0 Å². The molecule has 0 saturated carbocycles. The number of ether oxygens (including phenoxy) is 1. The van der Waals surface area contributed by atoms with Crippen LogP contribution in [0.2, 0.25) is 5.02 Å². The molecular formula is C15H24ClN3O2. The third-order valence-electron chi connectivity index (χ3n) is 3.15. The van der Waals surface area contributed by atoms with E-state index in [1.807, 2.05) is 30.1 Å². The molecule has 6 heteroatoms. The van der Waals surface area contributed by atoms with E-state index in [0.717, 1.165) is 17.8 Å². The third kappa shape index (κ3) is 5.91. The van der Waals surface area contributed by atoms with Crippen LogP contribution in [0.5, 0.6) is 0 Å². The molecule has 0 unspecified atom stereocenters. The zero-order valence-electron chi connectivity index (χ0n) is 13.1. The Hall–Kier alpha value is -1.30. The van der Waals surface area contributed by atoms with E-state index in [1.54, 1.807) is 26.1 Å². The van der Waals surface area contributed by atoms with E-state index in [9.17, 15) is 4.79 Å². The maximum atomic E-state index is 11.7. The van der Waals surface area contributed by atoms with Gasteiger partial charge in [0.05, 0.1) is 13.2 Å². The molecule has 0 spiro atoms. The fourth-order valence-electron chi connectivity index (χ4n) is 1.75. The number of carbonyl (C=O) groups excluding carboxylic acids is 1. The second kappa shape index (κ2) is 8.87. The summed E-state index contributed by atoms with van der Waals surface area (Å²) in [6.45, 7) is 2.48. The van der Waals surface area contributed by atoms with E-state index >= 15 is 0 Å². The normalized spacial score (nSPS) is 10.5. The molecule has 1 aromatic carbocycles. The number of rotatable bonds is 8. The van der Waals surface area contributed by atoms with Gasteiger partial charge in [-0.3, -0.25) is 4.79 Å². The van der Waals surface area contributed by atoms with E-state index in [-0.39, 0.29) is 5.91 Å². The Kier molecular flexibility index (Phi) is 7.50. The standard InChI is InChI=1S/C15H24ClN3O2/c1-18(2)15(20)11-19(3)13-6-5-12(14(16)9-13)10-17-7-8-21-4/h5-6,9,17H,7-8,10-11H2,1-4H3. The summed E-state index contributed by atoms with van der Waals surface area (Å²) in [7, 11) is 7.05. The number of likely N-dealkylation sites (N-methyl/N-ethyl adjacent to an activating group) is 2. The van der Waals surface area contributed by atoms with Crippen molar-refractivity contribution in [3.05, 3.63) is 28.8 Å². The predicted octanol–water partition coefficient (Wildman–Crippen LogP) is 1.60. The minimum atomic E-state index is 0.0546. The first-order chi connectivity index (χ1) is 9.95. The lowest BCUT2D eigenvalue weighted by Crippen LogP contribution is -2.34. The smallest absolute Gasteiger partial charge is 0.241 e. The van der Waals surface area contributed by atoms with E-state index < -0.39 is 0 Å². The molecule has 0 bridgehead atoms. The maximum absolute atomic E-state index is 11.7. The van der Waals surface area contributed by atoms with Crippen LogP contribution in [0.15, 0.2) is 18.2 Å². The number of nitrogens with one attached hydrogen (secondary N) is 1. The number of hydrogen-bond donors (Lipinski definition) is 1. The summed E-state index contributed by atoms with van der Waals surface area (Å²) in [5.41, 5.74) is 1.96. The topological polar surface area (TPSA) is 44.8 Å². The van der Waals surface area contributed by atoms with E-state index in [2.05, 4.69) is 5.32 Å². The highest BCUT2D eigenvalue weighted by atomic mass is 35.5. The highest BCUT2D eigenvalue weighted by molar-refractivity contribution is 6.31. The van der Waals surface area contributed by atoms with Crippen molar-refractivity contribution in [3.63, 3.8) is 0 Å². The van der Waals surface area contributed by atoms with Crippen LogP contribution in [0.3, 0.4) is 0 Å². The van der Waals surface area contributed by atoms with Crippen molar-refractivity contribution in [2.75, 3.05) is 52.8 Å². The lowest BCUT2D eigenvalue weighted by molar-refractivity contribution is -0.127. The summed E-state index contributed by atoms with van der Waals surface area (Å²) in [6, 6.07) is 5.84. The summed E-state index contributed by atoms with van der Waals surface area (Å²) in [6.07, 6.45) is 0. The minimum absolute atomic E-state index is 0.0546. The molecule has 0 aromatic heterocycles. The molecule has 0 heterocycles. The van der Waals surface area contributed by atoms with Crippen molar-refractivity contribution in [2.24, 2.45) is 0 Å². The monoisotopic (exact) mass is 313 g/mol. The molecule has 0 aliphatic rings. The predicted molar refractivity (Wildman–Crippen MR) is 87.0 cm³/mol. The number of carbonyl (C=O) groups is 1. The van der Waals surface area contributed by atoms with E-state index in [1.165, 1.54) is 0 Å². The van der Waals surface area contributed by atoms with Gasteiger partial charge in [0, 0.05) is 52.1 Å². The highest BCUT2D eigenvalue weighted by Crippen LogP contribution is 2.23. The second-order valence-electron chi connectivity index (χ2n) is 5.09. The van der Waals surface area contributed by atoms with Gasteiger partial charge < -0.3 is 19.9 Å². The first-order valence-corrected chi connectivity index (χ1v) is 7.23. The molecule has 1 amide bonds. The van der Waals surface area contributed by atoms with Crippen molar-refractivity contribution in [1.82, 2.24) is 10.2 Å². The first-order valence-electron chi connectivity index (χ1n) is 6.85. The summed E-state index contributed by atoms with van der Waals surface area (Å²) >= 11 is 6.29. The largest absolute Gasteiger partial charge is 0.383 e. The third-order valence-corrected chi connectivity index (χ3v) is 3.50. The van der Waals surface area contributed by atoms with Crippen LogP contribution >= 0.6 is 11.6 Å². The van der Waals surface area contributed by atoms with Gasteiger partial charge >= 0.3 is 0 Å². The number of hydrogen-bond acceptors (Lipinski definition) is 4. The molecule has 0 aliphatic carbocycles. The minimum Gasteiger partial charge on any atom is -0.383 e. The van der Waals surface area contributed by atoms with Crippen molar-refractivity contribution in [2.45, 2.75) is 6.54 Å². The molecule has 0 fully saturated rings. The Labute approximate surface area is 131 Å². The lowest BCUT2D eigenvalue weighted by Gasteiger charge is -2.21. The summed E-state index contributed by atoms with van der Waals surface area (Å²) in [5, 5.41) is 3.95. The van der Waals surface area contributed by atoms with Crippen LogP contribution in [-0.4, -0.2) is 58.8 Å². The van der Waals surface area contributed by atoms with Gasteiger partial charge in [-0.1, -0.05) is 17.7 Å². The van der Waals surface area contributed by atoms with Gasteiger partial charge in [0.2, 0.25) is 5.91 Å². The van der Waals surface area contributed by atoms with Crippen LogP contribution in [-0.2, 0) is 16.1 Å². The summed E-state index contributed by atoms with van der Waals surface area (Å²) in [4.78, 5) is 15.2. The summed E-state index contributed by atoms with van der Waals surface area (Å²) < 4.78 is 4.98. The molecule has 0 atom stereocenters. The number of nitrogens with zero attached hydrogens (tertiary/aromatic N) is 2. The van der Waals surface area contributed by atoms with Gasteiger partial charge in [-0.25, -0.2) is 0 Å². The molecule has 0 saturated heterocycles. The van der Waals surface area contributed by atoms with E-state index in [0.29, 0.717) is 24.7 Å². The average molecular weight is 314 g/mol. The highest BCUT2D eigenvalue weighted by Gasteiger charge is 2.10. The Bertz CT molecular complexity index is 466. The van der Waals surface area contributed by atoms with Crippen molar-refractivity contribution >= 4 is 23.2 Å². The Morgan fingerprint density at radius 3 is 2.62 bits per heavy atom. The van der Waals surface area contributed by atoms with E-state index in [4.69, 9.17) is 16.3 Å². The number of halogens is 1. The number of benzene rings is 1. The van der Waals surface area contributed by atoms with Gasteiger partial charge in [0.25, 0.3) is 0 Å². The van der Waals surface area contributed by atoms with Gasteiger partial charge in [0.15, 0.2) is 0 Å². The SMILES string of the molecule is COCCNCc1ccc(N(C)CC(=O)N(C)C)cc1Cl. The Balaban J connectivity index is 2.62. The van der Waals surface area contributed by atoms with Crippen LogP contribution in [0.4, 0.5) is 5.69 Å². The Morgan fingerprint density at radius 2 is 2.05 bits per heavy atom. The van der Waals surface area contributed by atoms with Crippen molar-refractivity contribution in [1.29, 1.82) is 0 Å². The molecular weight excluding hydrogens is 290 g/mol. The number of amides is 1. The van der Waals surface area contributed by atoms with Crippen LogP contribution in [0.25, 0.3) is 0 Å². The molecule has 1 rings (SSSR count). The zero-order valence-corrected chi connectivity index (χ0v) is 13.9. The van der Waals surface area contributed by atoms with Crippen LogP contribution < -0.4 is 10.2 Å². The Morgan fingerprint density at radius 1 is 1.33 bits per heavy atom. The van der Waals surface area contributed by atoms with Gasteiger partial charge in [0.1, 0.15) is 0 Å². The lowest BCUT2D eigenvalue weighted by atomic mass is 10.2. The van der Waals surface area contributed by atoms with Crippen LogP contribution in [0.1, 0.15) is 5.56 Å². The average Bonchev–Trinajstić information content (AvgIpc) is 2.44. The van der Waals surface area contributed by atoms with Crippen molar-refractivity contribution < 1.29 is 9.53 Å². The quantitative estimate of drug-likeness (QED) is 0.741. The molecule has 1 aromatic rings. The fourth-order valence-corrected chi connectivity index (χ4v) is 1.99. The molecule has 21 heavy (non-hydrogen) atoms. The van der Waals surface area contributed by atoms with Gasteiger partial charge in [-0.15, -0.1) is 0 Å². The molecule has 118 valence electrons. The molecule has 5 nitrogen and oxygen atoms in total. The first kappa shape index (κ1) is 17.8. The number of methoxy groups -OCH3 is 1. The fraction of sp³-hybridized carbons (Fsp3) is 0.533.